The summed E-state index contributed by atoms with van der Waals surface area (Å²) >= 11 is 3.22. The Bertz CT molecular complexity index is 717. The summed E-state index contributed by atoms with van der Waals surface area (Å²) in [6.07, 6.45) is 0. The van der Waals surface area contributed by atoms with Gasteiger partial charge in [-0.3, -0.25) is 4.79 Å². The normalized spacial score (nSPS) is 10.6. The highest BCUT2D eigenvalue weighted by Gasteiger charge is 2.06. The molecule has 0 saturated heterocycles. The van der Waals surface area contributed by atoms with E-state index in [1.54, 1.807) is 23.1 Å². The van der Waals surface area contributed by atoms with E-state index in [2.05, 4.69) is 5.32 Å². The van der Waals surface area contributed by atoms with Crippen LogP contribution in [0.3, 0.4) is 0 Å². The number of hydrogen-bond acceptors (Lipinski definition) is 3. The molecular formula is C16H13NOS2. The molecule has 0 unspecified atom stereocenters. The van der Waals surface area contributed by atoms with Crippen molar-refractivity contribution in [2.45, 2.75) is 4.21 Å². The van der Waals surface area contributed by atoms with Gasteiger partial charge in [0.25, 0.3) is 0 Å². The van der Waals surface area contributed by atoms with E-state index < -0.39 is 0 Å². The highest BCUT2D eigenvalue weighted by Crippen LogP contribution is 2.25. The van der Waals surface area contributed by atoms with Gasteiger partial charge in [0.2, 0.25) is 5.91 Å². The molecule has 0 spiro atoms. The molecule has 3 rings (SSSR count). The first-order chi connectivity index (χ1) is 9.83. The maximum atomic E-state index is 12.0. The molecule has 0 aliphatic heterocycles. The number of anilines is 1. The quantitative estimate of drug-likeness (QED) is 0.711. The summed E-state index contributed by atoms with van der Waals surface area (Å²) in [5.41, 5.74) is 0.875. The molecule has 3 aromatic rings. The summed E-state index contributed by atoms with van der Waals surface area (Å²) in [7, 11) is 0. The van der Waals surface area contributed by atoms with Crippen molar-refractivity contribution in [1.82, 2.24) is 0 Å². The minimum atomic E-state index is 0.0275. The lowest BCUT2D eigenvalue weighted by Crippen LogP contribution is -2.14. The van der Waals surface area contributed by atoms with E-state index in [0.717, 1.165) is 20.7 Å². The van der Waals surface area contributed by atoms with Crippen molar-refractivity contribution in [2.24, 2.45) is 0 Å². The number of amides is 1. The summed E-state index contributed by atoms with van der Waals surface area (Å²) < 4.78 is 1.16. The summed E-state index contributed by atoms with van der Waals surface area (Å²) in [5, 5.41) is 7.22. The van der Waals surface area contributed by atoms with Crippen LogP contribution in [-0.2, 0) is 4.79 Å². The standard InChI is InChI=1S/C16H13NOS2/c18-15(11-20-16-9-4-10-19-16)17-14-8-3-6-12-5-1-2-7-13(12)14/h1-10H,11H2,(H,17,18). The Kier molecular flexibility index (Phi) is 4.04. The number of carbonyl (C=O) groups excluding carboxylic acids is 1. The van der Waals surface area contributed by atoms with Crippen molar-refractivity contribution in [3.63, 3.8) is 0 Å². The molecule has 2 aromatic carbocycles. The molecule has 1 amide bonds. The number of thiophene rings is 1. The Morgan fingerprint density at radius 2 is 1.90 bits per heavy atom. The number of fused-ring (bicyclic) bond motifs is 1. The van der Waals surface area contributed by atoms with Crippen LogP contribution < -0.4 is 5.32 Å². The van der Waals surface area contributed by atoms with E-state index in [1.807, 2.05) is 60.0 Å². The van der Waals surface area contributed by atoms with Gasteiger partial charge in [-0.05, 0) is 22.9 Å². The van der Waals surface area contributed by atoms with Gasteiger partial charge in [-0.2, -0.15) is 0 Å². The fourth-order valence-corrected chi connectivity index (χ4v) is 3.59. The molecule has 1 heterocycles. The second kappa shape index (κ2) is 6.11. The van der Waals surface area contributed by atoms with Gasteiger partial charge in [0.1, 0.15) is 0 Å². The van der Waals surface area contributed by atoms with Crippen LogP contribution in [-0.4, -0.2) is 11.7 Å². The molecular weight excluding hydrogens is 286 g/mol. The Labute approximate surface area is 125 Å². The summed E-state index contributed by atoms with van der Waals surface area (Å²) in [6, 6.07) is 18.0. The average molecular weight is 299 g/mol. The molecule has 0 radical (unpaired) electrons. The van der Waals surface area contributed by atoms with Crippen molar-refractivity contribution in [1.29, 1.82) is 0 Å². The lowest BCUT2D eigenvalue weighted by molar-refractivity contribution is -0.113. The third-order valence-corrected chi connectivity index (χ3v) is 5.04. The molecule has 20 heavy (non-hydrogen) atoms. The molecule has 2 nitrogen and oxygen atoms in total. The fraction of sp³-hybridized carbons (Fsp3) is 0.0625. The maximum absolute atomic E-state index is 12.0. The number of rotatable bonds is 4. The van der Waals surface area contributed by atoms with Crippen LogP contribution in [0.2, 0.25) is 0 Å². The van der Waals surface area contributed by atoms with Crippen molar-refractivity contribution >= 4 is 45.5 Å². The molecule has 0 fully saturated rings. The number of nitrogens with one attached hydrogen (secondary N) is 1. The smallest absolute Gasteiger partial charge is 0.234 e. The van der Waals surface area contributed by atoms with Crippen molar-refractivity contribution in [3.05, 3.63) is 60.0 Å². The molecule has 0 aliphatic carbocycles. The molecule has 0 bridgehead atoms. The second-order valence-electron chi connectivity index (χ2n) is 4.30. The van der Waals surface area contributed by atoms with Crippen molar-refractivity contribution in [2.75, 3.05) is 11.1 Å². The van der Waals surface area contributed by atoms with Gasteiger partial charge in [0.05, 0.1) is 9.96 Å². The molecule has 4 heteroatoms. The van der Waals surface area contributed by atoms with E-state index in [1.165, 1.54) is 0 Å². The first-order valence-electron chi connectivity index (χ1n) is 6.27. The van der Waals surface area contributed by atoms with Gasteiger partial charge in [0, 0.05) is 11.1 Å². The highest BCUT2D eigenvalue weighted by molar-refractivity contribution is 8.01. The third kappa shape index (κ3) is 3.03. The third-order valence-electron chi connectivity index (χ3n) is 2.90. The van der Waals surface area contributed by atoms with Crippen molar-refractivity contribution < 1.29 is 4.79 Å². The van der Waals surface area contributed by atoms with Crippen molar-refractivity contribution in [3.8, 4) is 0 Å². The topological polar surface area (TPSA) is 29.1 Å². The molecule has 0 aliphatic rings. The summed E-state index contributed by atoms with van der Waals surface area (Å²) in [4.78, 5) is 12.0. The Morgan fingerprint density at radius 3 is 2.75 bits per heavy atom. The van der Waals surface area contributed by atoms with Gasteiger partial charge >= 0.3 is 0 Å². The monoisotopic (exact) mass is 299 g/mol. The highest BCUT2D eigenvalue weighted by atomic mass is 32.2. The number of thioether (sulfide) groups is 1. The van der Waals surface area contributed by atoms with Crippen LogP contribution in [0.25, 0.3) is 10.8 Å². The molecule has 1 aromatic heterocycles. The minimum Gasteiger partial charge on any atom is -0.325 e. The van der Waals surface area contributed by atoms with E-state index in [9.17, 15) is 4.79 Å². The van der Waals surface area contributed by atoms with Crippen LogP contribution >= 0.6 is 23.1 Å². The first kappa shape index (κ1) is 13.2. The lowest BCUT2D eigenvalue weighted by atomic mass is 10.1. The van der Waals surface area contributed by atoms with Gasteiger partial charge < -0.3 is 5.32 Å². The maximum Gasteiger partial charge on any atom is 0.234 e. The zero-order valence-corrected chi connectivity index (χ0v) is 12.3. The summed E-state index contributed by atoms with van der Waals surface area (Å²) in [5.74, 6) is 0.462. The largest absolute Gasteiger partial charge is 0.325 e. The molecule has 100 valence electrons. The number of benzene rings is 2. The van der Waals surface area contributed by atoms with E-state index in [-0.39, 0.29) is 5.91 Å². The van der Waals surface area contributed by atoms with Gasteiger partial charge in [-0.1, -0.05) is 42.5 Å². The van der Waals surface area contributed by atoms with E-state index >= 15 is 0 Å². The fourth-order valence-electron chi connectivity index (χ4n) is 2.00. The van der Waals surface area contributed by atoms with E-state index in [0.29, 0.717) is 5.75 Å². The van der Waals surface area contributed by atoms with Gasteiger partial charge in [-0.15, -0.1) is 23.1 Å². The average Bonchev–Trinajstić information content (AvgIpc) is 2.99. The van der Waals surface area contributed by atoms with E-state index in [4.69, 9.17) is 0 Å². The number of hydrogen-bond donors (Lipinski definition) is 1. The predicted octanol–water partition coefficient (Wildman–Crippen LogP) is 4.63. The molecule has 0 saturated carbocycles. The minimum absolute atomic E-state index is 0.0275. The second-order valence-corrected chi connectivity index (χ2v) is 6.52. The summed E-state index contributed by atoms with van der Waals surface area (Å²) in [6.45, 7) is 0. The van der Waals surface area contributed by atoms with Crippen LogP contribution in [0.5, 0.6) is 0 Å². The Balaban J connectivity index is 1.71. The Morgan fingerprint density at radius 1 is 1.05 bits per heavy atom. The first-order valence-corrected chi connectivity index (χ1v) is 8.13. The molecule has 0 atom stereocenters. The Hall–Kier alpha value is -1.78. The SMILES string of the molecule is O=C(CSc1cccs1)Nc1cccc2ccccc12. The van der Waals surface area contributed by atoms with Gasteiger partial charge in [-0.25, -0.2) is 0 Å². The lowest BCUT2D eigenvalue weighted by Gasteiger charge is -2.08. The van der Waals surface area contributed by atoms with Crippen LogP contribution in [0, 0.1) is 0 Å². The number of carbonyl (C=O) groups is 1. The zero-order valence-electron chi connectivity index (χ0n) is 10.7. The zero-order chi connectivity index (χ0) is 13.8. The van der Waals surface area contributed by atoms with Crippen LogP contribution in [0.4, 0.5) is 5.69 Å². The van der Waals surface area contributed by atoms with Crippen LogP contribution in [0.1, 0.15) is 0 Å². The predicted molar refractivity (Wildman–Crippen MR) is 87.6 cm³/mol. The van der Waals surface area contributed by atoms with Crippen LogP contribution in [0.15, 0.2) is 64.2 Å². The molecule has 1 N–H and O–H groups in total. The van der Waals surface area contributed by atoms with Gasteiger partial charge in [0.15, 0.2) is 0 Å².